The van der Waals surface area contributed by atoms with E-state index in [1.165, 1.54) is 19.3 Å². The zero-order chi connectivity index (χ0) is 10.4. The van der Waals surface area contributed by atoms with E-state index in [-0.39, 0.29) is 0 Å². The Hall–Kier alpha value is -0.210. The first-order chi connectivity index (χ1) is 6.74. The van der Waals surface area contributed by atoms with Gasteiger partial charge in [0.15, 0.2) is 0 Å². The first kappa shape index (κ1) is 11.9. The summed E-state index contributed by atoms with van der Waals surface area (Å²) >= 11 is 9.29. The van der Waals surface area contributed by atoms with Gasteiger partial charge in [0, 0.05) is 16.7 Å². The highest BCUT2D eigenvalue weighted by Crippen LogP contribution is 2.25. The lowest BCUT2D eigenvalue weighted by Crippen LogP contribution is -2.00. The van der Waals surface area contributed by atoms with E-state index >= 15 is 0 Å². The SMILES string of the molecule is CCCCCNc1ccc(Cl)c(Br)c1. The first-order valence-electron chi connectivity index (χ1n) is 4.93. The average molecular weight is 277 g/mol. The molecule has 0 amide bonds. The van der Waals surface area contributed by atoms with Gasteiger partial charge in [0.05, 0.1) is 5.02 Å². The van der Waals surface area contributed by atoms with Gasteiger partial charge in [0.25, 0.3) is 0 Å². The van der Waals surface area contributed by atoms with Crippen LogP contribution in [0.2, 0.25) is 5.02 Å². The monoisotopic (exact) mass is 275 g/mol. The van der Waals surface area contributed by atoms with Crippen molar-refractivity contribution in [1.82, 2.24) is 0 Å². The van der Waals surface area contributed by atoms with Gasteiger partial charge in [0.2, 0.25) is 0 Å². The molecule has 0 bridgehead atoms. The van der Waals surface area contributed by atoms with Gasteiger partial charge in [-0.1, -0.05) is 31.4 Å². The minimum Gasteiger partial charge on any atom is -0.385 e. The molecule has 0 aliphatic rings. The van der Waals surface area contributed by atoms with E-state index in [9.17, 15) is 0 Å². The van der Waals surface area contributed by atoms with Crippen LogP contribution >= 0.6 is 27.5 Å². The van der Waals surface area contributed by atoms with Crippen molar-refractivity contribution in [2.24, 2.45) is 0 Å². The van der Waals surface area contributed by atoms with E-state index in [0.29, 0.717) is 0 Å². The van der Waals surface area contributed by atoms with Crippen molar-refractivity contribution in [3.05, 3.63) is 27.7 Å². The Kier molecular flexibility index (Phi) is 5.34. The molecule has 1 aromatic rings. The van der Waals surface area contributed by atoms with Crippen molar-refractivity contribution in [3.8, 4) is 0 Å². The molecule has 0 saturated heterocycles. The van der Waals surface area contributed by atoms with E-state index in [1.54, 1.807) is 0 Å². The fourth-order valence-electron chi connectivity index (χ4n) is 1.21. The second-order valence-electron chi connectivity index (χ2n) is 3.26. The molecule has 0 unspecified atom stereocenters. The van der Waals surface area contributed by atoms with Crippen LogP contribution in [0.5, 0.6) is 0 Å². The Morgan fingerprint density at radius 2 is 2.14 bits per heavy atom. The lowest BCUT2D eigenvalue weighted by atomic mass is 10.2. The number of benzene rings is 1. The number of unbranched alkanes of at least 4 members (excludes halogenated alkanes) is 2. The summed E-state index contributed by atoms with van der Waals surface area (Å²) in [7, 11) is 0. The second-order valence-corrected chi connectivity index (χ2v) is 4.52. The van der Waals surface area contributed by atoms with Crippen molar-refractivity contribution in [3.63, 3.8) is 0 Å². The van der Waals surface area contributed by atoms with Crippen LogP contribution in [0.4, 0.5) is 5.69 Å². The lowest BCUT2D eigenvalue weighted by molar-refractivity contribution is 0.744. The molecule has 1 nitrogen and oxygen atoms in total. The maximum absolute atomic E-state index is 5.89. The largest absolute Gasteiger partial charge is 0.385 e. The molecule has 78 valence electrons. The van der Waals surface area contributed by atoms with Crippen LogP contribution in [0, 0.1) is 0 Å². The van der Waals surface area contributed by atoms with E-state index in [1.807, 2.05) is 18.2 Å². The molecule has 1 rings (SSSR count). The molecule has 0 aliphatic carbocycles. The fourth-order valence-corrected chi connectivity index (χ4v) is 1.71. The number of rotatable bonds is 5. The van der Waals surface area contributed by atoms with Crippen molar-refractivity contribution in [1.29, 1.82) is 0 Å². The lowest BCUT2D eigenvalue weighted by Gasteiger charge is -2.06. The standard InChI is InChI=1S/C11H15BrClN/c1-2-3-4-7-14-9-5-6-11(13)10(12)8-9/h5-6,8,14H,2-4,7H2,1H3. The van der Waals surface area contributed by atoms with E-state index in [2.05, 4.69) is 28.2 Å². The molecule has 0 aromatic heterocycles. The van der Waals surface area contributed by atoms with Gasteiger partial charge < -0.3 is 5.32 Å². The molecule has 0 spiro atoms. The van der Waals surface area contributed by atoms with Gasteiger partial charge >= 0.3 is 0 Å². The van der Waals surface area contributed by atoms with Crippen LogP contribution in [0.3, 0.4) is 0 Å². The van der Waals surface area contributed by atoms with Gasteiger partial charge in [-0.15, -0.1) is 0 Å². The number of halogens is 2. The molecule has 0 aliphatic heterocycles. The number of hydrogen-bond acceptors (Lipinski definition) is 1. The summed E-state index contributed by atoms with van der Waals surface area (Å²) in [5.41, 5.74) is 1.12. The van der Waals surface area contributed by atoms with Crippen molar-refractivity contribution >= 4 is 33.2 Å². The van der Waals surface area contributed by atoms with Crippen molar-refractivity contribution < 1.29 is 0 Å². The van der Waals surface area contributed by atoms with Crippen LogP contribution in [0.1, 0.15) is 26.2 Å². The fraction of sp³-hybridized carbons (Fsp3) is 0.455. The molecule has 0 atom stereocenters. The van der Waals surface area contributed by atoms with Crippen molar-refractivity contribution in [2.45, 2.75) is 26.2 Å². The predicted molar refractivity (Wildman–Crippen MR) is 67.2 cm³/mol. The Bertz CT molecular complexity index is 289. The maximum atomic E-state index is 5.89. The zero-order valence-electron chi connectivity index (χ0n) is 8.32. The minimum absolute atomic E-state index is 0.754. The van der Waals surface area contributed by atoms with Gasteiger partial charge in [0.1, 0.15) is 0 Å². The summed E-state index contributed by atoms with van der Waals surface area (Å²) in [6.07, 6.45) is 3.75. The highest BCUT2D eigenvalue weighted by Gasteiger charge is 1.97. The molecule has 0 saturated carbocycles. The van der Waals surface area contributed by atoms with E-state index < -0.39 is 0 Å². The Morgan fingerprint density at radius 3 is 2.79 bits per heavy atom. The third kappa shape index (κ3) is 3.89. The van der Waals surface area contributed by atoms with E-state index in [0.717, 1.165) is 21.7 Å². The summed E-state index contributed by atoms with van der Waals surface area (Å²) in [6, 6.07) is 5.90. The normalized spacial score (nSPS) is 10.2. The molecular formula is C11H15BrClN. The van der Waals surface area contributed by atoms with Gasteiger partial charge in [-0.05, 0) is 40.5 Å². The van der Waals surface area contributed by atoms with Crippen LogP contribution in [-0.2, 0) is 0 Å². The summed E-state index contributed by atoms with van der Waals surface area (Å²) in [5.74, 6) is 0. The smallest absolute Gasteiger partial charge is 0.0549 e. The van der Waals surface area contributed by atoms with E-state index in [4.69, 9.17) is 11.6 Å². The number of nitrogens with one attached hydrogen (secondary N) is 1. The summed E-state index contributed by atoms with van der Waals surface area (Å²) < 4.78 is 0.944. The Labute approximate surface area is 99.0 Å². The van der Waals surface area contributed by atoms with Crippen LogP contribution in [-0.4, -0.2) is 6.54 Å². The summed E-state index contributed by atoms with van der Waals surface area (Å²) in [6.45, 7) is 3.24. The Balaban J connectivity index is 2.39. The highest BCUT2D eigenvalue weighted by atomic mass is 79.9. The molecule has 0 heterocycles. The second kappa shape index (κ2) is 6.31. The quantitative estimate of drug-likeness (QED) is 0.768. The van der Waals surface area contributed by atoms with Gasteiger partial charge in [-0.25, -0.2) is 0 Å². The number of anilines is 1. The zero-order valence-corrected chi connectivity index (χ0v) is 10.7. The highest BCUT2D eigenvalue weighted by molar-refractivity contribution is 9.10. The summed E-state index contributed by atoms with van der Waals surface area (Å²) in [4.78, 5) is 0. The van der Waals surface area contributed by atoms with Crippen molar-refractivity contribution in [2.75, 3.05) is 11.9 Å². The topological polar surface area (TPSA) is 12.0 Å². The number of hydrogen-bond donors (Lipinski definition) is 1. The molecule has 3 heteroatoms. The molecule has 14 heavy (non-hydrogen) atoms. The third-order valence-electron chi connectivity index (χ3n) is 2.03. The Morgan fingerprint density at radius 1 is 1.36 bits per heavy atom. The van der Waals surface area contributed by atoms with Crippen LogP contribution < -0.4 is 5.32 Å². The molecule has 0 radical (unpaired) electrons. The molecular weight excluding hydrogens is 261 g/mol. The predicted octanol–water partition coefficient (Wildman–Crippen LogP) is 4.70. The van der Waals surface area contributed by atoms with Crippen LogP contribution in [0.25, 0.3) is 0 Å². The molecule has 1 N–H and O–H groups in total. The minimum atomic E-state index is 0.754. The third-order valence-corrected chi connectivity index (χ3v) is 3.24. The molecule has 0 fully saturated rings. The average Bonchev–Trinajstić information content (AvgIpc) is 2.18. The van der Waals surface area contributed by atoms with Crippen LogP contribution in [0.15, 0.2) is 22.7 Å². The maximum Gasteiger partial charge on any atom is 0.0549 e. The first-order valence-corrected chi connectivity index (χ1v) is 6.10. The molecule has 1 aromatic carbocycles. The van der Waals surface area contributed by atoms with Gasteiger partial charge in [-0.2, -0.15) is 0 Å². The van der Waals surface area contributed by atoms with Gasteiger partial charge in [-0.3, -0.25) is 0 Å². The summed E-state index contributed by atoms with van der Waals surface area (Å²) in [5, 5.41) is 4.11.